The molecule has 0 saturated carbocycles. The number of H-pyrrole nitrogens is 1. The van der Waals surface area contributed by atoms with Gasteiger partial charge in [0.15, 0.2) is 23.0 Å². The number of amides is 1. The summed E-state index contributed by atoms with van der Waals surface area (Å²) in [6.07, 6.45) is 0. The third-order valence-corrected chi connectivity index (χ3v) is 4.61. The van der Waals surface area contributed by atoms with Gasteiger partial charge in [0, 0.05) is 5.56 Å². The highest BCUT2D eigenvalue weighted by Crippen LogP contribution is 2.40. The van der Waals surface area contributed by atoms with E-state index in [4.69, 9.17) is 23.7 Å². The molecule has 3 rings (SSSR count). The van der Waals surface area contributed by atoms with E-state index >= 15 is 0 Å². The Hall–Kier alpha value is -4.32. The summed E-state index contributed by atoms with van der Waals surface area (Å²) in [4.78, 5) is 12.4. The highest BCUT2D eigenvalue weighted by Gasteiger charge is 2.17. The third kappa shape index (κ3) is 5.68. The Morgan fingerprint density at radius 1 is 0.909 bits per heavy atom. The first-order chi connectivity index (χ1) is 16.1. The van der Waals surface area contributed by atoms with Crippen LogP contribution in [-0.4, -0.2) is 57.7 Å². The predicted molar refractivity (Wildman–Crippen MR) is 122 cm³/mol. The fraction of sp³-hybridized carbons (Fsp3) is 0.250. The molecule has 1 heterocycles. The molecule has 0 aliphatic carbocycles. The maximum absolute atomic E-state index is 12.4. The third-order valence-electron chi connectivity index (χ3n) is 4.61. The second-order valence-electron chi connectivity index (χ2n) is 6.56. The summed E-state index contributed by atoms with van der Waals surface area (Å²) < 4.78 is 26.8. The van der Waals surface area contributed by atoms with Gasteiger partial charge in [-0.3, -0.25) is 9.89 Å². The van der Waals surface area contributed by atoms with Crippen LogP contribution in [0.15, 0.2) is 42.5 Å². The minimum Gasteiger partial charge on any atom is -0.493 e. The molecule has 0 aliphatic rings. The number of carbonyl (C=O) groups is 1. The second kappa shape index (κ2) is 11.3. The maximum Gasteiger partial charge on any atom is 0.270 e. The SMILES string of the molecule is COc1ccccc1OCC#CCNC(=O)c1cc(-c2cc(OC)c(OC)c(OC)c2)n[nH]1. The molecule has 1 amide bonds. The smallest absolute Gasteiger partial charge is 0.270 e. The van der Waals surface area contributed by atoms with Gasteiger partial charge in [0.05, 0.1) is 40.7 Å². The van der Waals surface area contributed by atoms with Crippen LogP contribution in [0.1, 0.15) is 10.5 Å². The molecule has 0 spiro atoms. The zero-order chi connectivity index (χ0) is 23.6. The summed E-state index contributed by atoms with van der Waals surface area (Å²) in [6, 6.07) is 12.5. The van der Waals surface area contributed by atoms with Crippen LogP contribution in [-0.2, 0) is 0 Å². The molecule has 0 bridgehead atoms. The van der Waals surface area contributed by atoms with Gasteiger partial charge < -0.3 is 29.0 Å². The van der Waals surface area contributed by atoms with Gasteiger partial charge in [-0.15, -0.1) is 0 Å². The highest BCUT2D eigenvalue weighted by molar-refractivity contribution is 5.93. The molecule has 2 aromatic carbocycles. The van der Waals surface area contributed by atoms with Gasteiger partial charge in [0.1, 0.15) is 12.3 Å². The molecule has 0 atom stereocenters. The summed E-state index contributed by atoms with van der Waals surface area (Å²) in [5.41, 5.74) is 1.55. The van der Waals surface area contributed by atoms with Crippen LogP contribution in [0.25, 0.3) is 11.3 Å². The fourth-order valence-electron chi connectivity index (χ4n) is 3.00. The van der Waals surface area contributed by atoms with Crippen molar-refractivity contribution in [3.05, 3.63) is 48.2 Å². The maximum atomic E-state index is 12.4. The first kappa shape index (κ1) is 23.3. The van der Waals surface area contributed by atoms with Gasteiger partial charge in [-0.25, -0.2) is 0 Å². The van der Waals surface area contributed by atoms with E-state index in [9.17, 15) is 4.79 Å². The Morgan fingerprint density at radius 2 is 1.58 bits per heavy atom. The van der Waals surface area contributed by atoms with Crippen LogP contribution in [0.2, 0.25) is 0 Å². The van der Waals surface area contributed by atoms with Crippen LogP contribution in [0.4, 0.5) is 0 Å². The number of nitrogens with one attached hydrogen (secondary N) is 2. The molecule has 0 unspecified atom stereocenters. The number of benzene rings is 2. The van der Waals surface area contributed by atoms with Crippen molar-refractivity contribution in [2.75, 3.05) is 41.6 Å². The van der Waals surface area contributed by atoms with Gasteiger partial charge in [0.25, 0.3) is 5.91 Å². The van der Waals surface area contributed by atoms with Crippen molar-refractivity contribution in [3.63, 3.8) is 0 Å². The Labute approximate surface area is 192 Å². The zero-order valence-corrected chi connectivity index (χ0v) is 18.9. The molecule has 172 valence electrons. The lowest BCUT2D eigenvalue weighted by Gasteiger charge is -2.13. The molecule has 3 aromatic rings. The first-order valence-corrected chi connectivity index (χ1v) is 9.96. The number of aromatic nitrogens is 2. The fourth-order valence-corrected chi connectivity index (χ4v) is 3.00. The summed E-state index contributed by atoms with van der Waals surface area (Å²) >= 11 is 0. The molecule has 2 N–H and O–H groups in total. The van der Waals surface area contributed by atoms with E-state index in [2.05, 4.69) is 27.4 Å². The molecule has 0 saturated heterocycles. The lowest BCUT2D eigenvalue weighted by Crippen LogP contribution is -2.24. The van der Waals surface area contributed by atoms with Crippen molar-refractivity contribution in [3.8, 4) is 51.8 Å². The minimum absolute atomic E-state index is 0.159. The van der Waals surface area contributed by atoms with Crippen molar-refractivity contribution in [2.24, 2.45) is 0 Å². The molecule has 0 radical (unpaired) electrons. The molecular formula is C24H25N3O6. The normalized spacial score (nSPS) is 9.94. The molecule has 1 aromatic heterocycles. The number of methoxy groups -OCH3 is 4. The number of ether oxygens (including phenoxy) is 5. The molecular weight excluding hydrogens is 426 g/mol. The van der Waals surface area contributed by atoms with E-state index in [0.717, 1.165) is 0 Å². The van der Waals surface area contributed by atoms with Crippen molar-refractivity contribution in [2.45, 2.75) is 0 Å². The summed E-state index contributed by atoms with van der Waals surface area (Å²) in [5.74, 6) is 8.07. The highest BCUT2D eigenvalue weighted by atomic mass is 16.5. The number of rotatable bonds is 9. The summed E-state index contributed by atoms with van der Waals surface area (Å²) in [5, 5.41) is 9.66. The number of para-hydroxylation sites is 2. The molecule has 0 aliphatic heterocycles. The zero-order valence-electron chi connectivity index (χ0n) is 18.9. The van der Waals surface area contributed by atoms with Crippen molar-refractivity contribution >= 4 is 5.91 Å². The minimum atomic E-state index is -0.332. The lowest BCUT2D eigenvalue weighted by atomic mass is 10.1. The van der Waals surface area contributed by atoms with E-state index < -0.39 is 0 Å². The number of hydrogen-bond donors (Lipinski definition) is 2. The lowest BCUT2D eigenvalue weighted by molar-refractivity contribution is 0.0953. The number of hydrogen-bond acceptors (Lipinski definition) is 7. The monoisotopic (exact) mass is 451 g/mol. The van der Waals surface area contributed by atoms with E-state index in [-0.39, 0.29) is 19.1 Å². The second-order valence-corrected chi connectivity index (χ2v) is 6.56. The number of aromatic amines is 1. The Morgan fingerprint density at radius 3 is 2.21 bits per heavy atom. The van der Waals surface area contributed by atoms with Crippen LogP contribution in [0.3, 0.4) is 0 Å². The molecule has 0 fully saturated rings. The van der Waals surface area contributed by atoms with E-state index in [1.165, 1.54) is 21.3 Å². The van der Waals surface area contributed by atoms with Gasteiger partial charge in [0.2, 0.25) is 5.75 Å². The summed E-state index contributed by atoms with van der Waals surface area (Å²) in [6.45, 7) is 0.332. The van der Waals surface area contributed by atoms with Gasteiger partial charge in [-0.05, 0) is 30.3 Å². The van der Waals surface area contributed by atoms with Gasteiger partial charge in [-0.2, -0.15) is 5.10 Å². The van der Waals surface area contributed by atoms with E-state index in [1.54, 1.807) is 37.4 Å². The molecule has 9 nitrogen and oxygen atoms in total. The Kier molecular flexibility index (Phi) is 8.02. The van der Waals surface area contributed by atoms with Crippen LogP contribution in [0.5, 0.6) is 28.7 Å². The van der Waals surface area contributed by atoms with E-state index in [0.29, 0.717) is 45.7 Å². The standard InChI is InChI=1S/C24H25N3O6/c1-29-19-9-5-6-10-20(19)33-12-8-7-11-25-24(28)18-15-17(26-27-18)16-13-21(30-2)23(32-4)22(14-16)31-3/h5-6,9-10,13-15H,11-12H2,1-4H3,(H,25,28)(H,26,27). The first-order valence-electron chi connectivity index (χ1n) is 9.96. The average molecular weight is 451 g/mol. The topological polar surface area (TPSA) is 104 Å². The summed E-state index contributed by atoms with van der Waals surface area (Å²) in [7, 11) is 6.18. The van der Waals surface area contributed by atoms with Crippen LogP contribution in [0, 0.1) is 11.8 Å². The van der Waals surface area contributed by atoms with Crippen LogP contribution >= 0.6 is 0 Å². The largest absolute Gasteiger partial charge is 0.493 e. The van der Waals surface area contributed by atoms with E-state index in [1.807, 2.05) is 12.1 Å². The average Bonchev–Trinajstić information content (AvgIpc) is 3.35. The Balaban J connectivity index is 1.58. The quantitative estimate of drug-likeness (QED) is 0.482. The molecule has 33 heavy (non-hydrogen) atoms. The molecule has 9 heteroatoms. The van der Waals surface area contributed by atoms with Crippen molar-refractivity contribution < 1.29 is 28.5 Å². The number of nitrogens with zero attached hydrogens (tertiary/aromatic N) is 1. The van der Waals surface area contributed by atoms with Gasteiger partial charge >= 0.3 is 0 Å². The van der Waals surface area contributed by atoms with Crippen molar-refractivity contribution in [1.29, 1.82) is 0 Å². The predicted octanol–water partition coefficient (Wildman–Crippen LogP) is 2.92. The Bertz CT molecular complexity index is 1140. The van der Waals surface area contributed by atoms with Crippen molar-refractivity contribution in [1.82, 2.24) is 15.5 Å². The number of carbonyl (C=O) groups excluding carboxylic acids is 1. The van der Waals surface area contributed by atoms with Gasteiger partial charge in [-0.1, -0.05) is 24.0 Å². The van der Waals surface area contributed by atoms with Crippen LogP contribution < -0.4 is 29.0 Å².